The van der Waals surface area contributed by atoms with Gasteiger partial charge in [-0.25, -0.2) is 4.79 Å². The first-order chi connectivity index (χ1) is 9.25. The number of pyridine rings is 1. The first-order valence-electron chi connectivity index (χ1n) is 6.43. The second-order valence-corrected chi connectivity index (χ2v) is 6.13. The lowest BCUT2D eigenvalue weighted by Gasteiger charge is -2.20. The Hall–Kier alpha value is -1.56. The van der Waals surface area contributed by atoms with Gasteiger partial charge in [0.2, 0.25) is 0 Å². The van der Waals surface area contributed by atoms with Crippen LogP contribution in [0.5, 0.6) is 0 Å². The quantitative estimate of drug-likeness (QED) is 0.932. The number of rotatable bonds is 3. The zero-order valence-electron chi connectivity index (χ0n) is 10.5. The zero-order valence-corrected chi connectivity index (χ0v) is 11.3. The Morgan fingerprint density at radius 3 is 3.05 bits per heavy atom. The van der Waals surface area contributed by atoms with Gasteiger partial charge in [-0.15, -0.1) is 10.2 Å². The summed E-state index contributed by atoms with van der Waals surface area (Å²) in [6.07, 6.45) is 4.49. The Labute approximate surface area is 115 Å². The molecule has 0 aromatic carbocycles. The molecular formula is C13H15N3O2S. The van der Waals surface area contributed by atoms with E-state index in [1.807, 2.05) is 11.8 Å². The monoisotopic (exact) mass is 277 g/mol. The molecule has 2 aromatic rings. The highest BCUT2D eigenvalue weighted by atomic mass is 32.2. The molecule has 0 radical (unpaired) electrons. The van der Waals surface area contributed by atoms with E-state index in [9.17, 15) is 9.90 Å². The number of carboxylic acid groups (broad SMARTS) is 1. The number of hydrogen-bond acceptors (Lipinski definition) is 4. The van der Waals surface area contributed by atoms with Crippen LogP contribution in [0.2, 0.25) is 0 Å². The van der Waals surface area contributed by atoms with Crippen molar-refractivity contribution >= 4 is 23.4 Å². The lowest BCUT2D eigenvalue weighted by molar-refractivity contribution is 0.0688. The fraction of sp³-hybridized carbons (Fsp3) is 0.462. The summed E-state index contributed by atoms with van der Waals surface area (Å²) in [4.78, 5) is 11.3. The summed E-state index contributed by atoms with van der Waals surface area (Å²) in [6, 6.07) is 5.08. The van der Waals surface area contributed by atoms with Crippen LogP contribution in [0.15, 0.2) is 18.2 Å². The Kier molecular flexibility index (Phi) is 3.42. The van der Waals surface area contributed by atoms with Gasteiger partial charge in [-0.2, -0.15) is 11.8 Å². The number of aromatic carboxylic acids is 1. The van der Waals surface area contributed by atoms with Crippen LogP contribution in [0.25, 0.3) is 5.65 Å². The van der Waals surface area contributed by atoms with E-state index in [1.54, 1.807) is 22.6 Å². The van der Waals surface area contributed by atoms with Gasteiger partial charge in [-0.05, 0) is 30.7 Å². The summed E-state index contributed by atoms with van der Waals surface area (Å²) in [5.74, 6) is 1.00. The predicted octanol–water partition coefficient (Wildman–Crippen LogP) is 2.26. The fourth-order valence-electron chi connectivity index (χ4n) is 2.47. The molecule has 2 aromatic heterocycles. The molecule has 3 rings (SSSR count). The molecule has 5 nitrogen and oxygen atoms in total. The highest BCUT2D eigenvalue weighted by Crippen LogP contribution is 2.27. The maximum atomic E-state index is 11.3. The largest absolute Gasteiger partial charge is 0.477 e. The van der Waals surface area contributed by atoms with Crippen molar-refractivity contribution in [3.63, 3.8) is 0 Å². The summed E-state index contributed by atoms with van der Waals surface area (Å²) in [6.45, 7) is 0. The van der Waals surface area contributed by atoms with Crippen LogP contribution >= 0.6 is 11.8 Å². The van der Waals surface area contributed by atoms with E-state index < -0.39 is 5.97 Å². The molecule has 3 heterocycles. The molecule has 0 aliphatic carbocycles. The molecule has 0 spiro atoms. The van der Waals surface area contributed by atoms with Crippen LogP contribution < -0.4 is 0 Å². The van der Waals surface area contributed by atoms with Gasteiger partial charge in [-0.1, -0.05) is 12.5 Å². The molecule has 1 unspecified atom stereocenters. The average molecular weight is 277 g/mol. The van der Waals surface area contributed by atoms with Gasteiger partial charge in [0.15, 0.2) is 5.65 Å². The molecule has 6 heteroatoms. The summed E-state index contributed by atoms with van der Waals surface area (Å²) in [5.41, 5.74) is 0.842. The van der Waals surface area contributed by atoms with Crippen molar-refractivity contribution in [3.05, 3.63) is 29.7 Å². The van der Waals surface area contributed by atoms with E-state index in [-0.39, 0.29) is 5.69 Å². The Morgan fingerprint density at radius 2 is 2.32 bits per heavy atom. The first-order valence-corrected chi connectivity index (χ1v) is 7.48. The van der Waals surface area contributed by atoms with Crippen LogP contribution in [0.4, 0.5) is 0 Å². The molecule has 1 fully saturated rings. The molecule has 100 valence electrons. The van der Waals surface area contributed by atoms with Crippen molar-refractivity contribution in [1.82, 2.24) is 14.6 Å². The van der Waals surface area contributed by atoms with Crippen LogP contribution in [0.3, 0.4) is 0 Å². The smallest absolute Gasteiger partial charge is 0.352 e. The minimum atomic E-state index is -0.942. The van der Waals surface area contributed by atoms with E-state index >= 15 is 0 Å². The van der Waals surface area contributed by atoms with E-state index in [2.05, 4.69) is 10.2 Å². The molecule has 1 N–H and O–H groups in total. The molecule has 1 saturated heterocycles. The lowest BCUT2D eigenvalue weighted by Crippen LogP contribution is -2.16. The van der Waals surface area contributed by atoms with Gasteiger partial charge in [0.1, 0.15) is 11.5 Å². The second kappa shape index (κ2) is 5.21. The molecule has 0 saturated carbocycles. The third-order valence-corrected chi connectivity index (χ3v) is 4.80. The van der Waals surface area contributed by atoms with Crippen molar-refractivity contribution in [2.24, 2.45) is 0 Å². The topological polar surface area (TPSA) is 67.5 Å². The summed E-state index contributed by atoms with van der Waals surface area (Å²) >= 11 is 1.96. The first kappa shape index (κ1) is 12.5. The number of carbonyl (C=O) groups is 1. The molecule has 1 atom stereocenters. The summed E-state index contributed by atoms with van der Waals surface area (Å²) < 4.78 is 1.66. The highest BCUT2D eigenvalue weighted by Gasteiger charge is 2.20. The number of fused-ring (bicyclic) bond motifs is 1. The van der Waals surface area contributed by atoms with Crippen LogP contribution in [0, 0.1) is 0 Å². The zero-order chi connectivity index (χ0) is 13.2. The molecular weight excluding hydrogens is 262 g/mol. The van der Waals surface area contributed by atoms with Crippen LogP contribution in [0.1, 0.15) is 35.6 Å². The second-order valence-electron chi connectivity index (χ2n) is 4.72. The van der Waals surface area contributed by atoms with Crippen molar-refractivity contribution in [2.45, 2.75) is 30.9 Å². The lowest BCUT2D eigenvalue weighted by atomic mass is 10.1. The van der Waals surface area contributed by atoms with Gasteiger partial charge in [0.05, 0.1) is 0 Å². The molecule has 1 aliphatic rings. The van der Waals surface area contributed by atoms with Gasteiger partial charge in [0, 0.05) is 11.7 Å². The van der Waals surface area contributed by atoms with Crippen molar-refractivity contribution in [2.75, 3.05) is 5.75 Å². The highest BCUT2D eigenvalue weighted by molar-refractivity contribution is 7.99. The Balaban J connectivity index is 1.96. The van der Waals surface area contributed by atoms with Crippen molar-refractivity contribution in [3.8, 4) is 0 Å². The van der Waals surface area contributed by atoms with E-state index in [4.69, 9.17) is 0 Å². The van der Waals surface area contributed by atoms with Crippen LogP contribution in [-0.2, 0) is 6.42 Å². The SMILES string of the molecule is O=C(O)c1cccc2nnc(CC3CCCCS3)n12. The normalized spacial score (nSPS) is 19.7. The Morgan fingerprint density at radius 1 is 1.42 bits per heavy atom. The minimum absolute atomic E-state index is 0.235. The molecule has 1 aliphatic heterocycles. The molecule has 0 bridgehead atoms. The third kappa shape index (κ3) is 2.45. The van der Waals surface area contributed by atoms with E-state index in [0.717, 1.165) is 12.2 Å². The standard InChI is InChI=1S/C13H15N3O2S/c17-13(18)10-5-3-6-11-14-15-12(16(10)11)8-9-4-1-2-7-19-9/h3,5-6,9H,1-2,4,7-8H2,(H,17,18). The summed E-state index contributed by atoms with van der Waals surface area (Å²) in [7, 11) is 0. The number of thioether (sulfide) groups is 1. The molecule has 19 heavy (non-hydrogen) atoms. The maximum Gasteiger partial charge on any atom is 0.352 e. The molecule has 0 amide bonds. The third-order valence-electron chi connectivity index (χ3n) is 3.40. The fourth-order valence-corrected chi connectivity index (χ4v) is 3.78. The number of carboxylic acids is 1. The van der Waals surface area contributed by atoms with Gasteiger partial charge >= 0.3 is 5.97 Å². The van der Waals surface area contributed by atoms with Crippen molar-refractivity contribution in [1.29, 1.82) is 0 Å². The van der Waals surface area contributed by atoms with E-state index in [0.29, 0.717) is 10.9 Å². The van der Waals surface area contributed by atoms with Crippen LogP contribution in [-0.4, -0.2) is 36.7 Å². The predicted molar refractivity (Wildman–Crippen MR) is 73.7 cm³/mol. The van der Waals surface area contributed by atoms with E-state index in [1.165, 1.54) is 25.0 Å². The van der Waals surface area contributed by atoms with Crippen molar-refractivity contribution < 1.29 is 9.90 Å². The van der Waals surface area contributed by atoms with Gasteiger partial charge in [0.25, 0.3) is 0 Å². The maximum absolute atomic E-state index is 11.3. The van der Waals surface area contributed by atoms with Gasteiger partial charge < -0.3 is 5.11 Å². The minimum Gasteiger partial charge on any atom is -0.477 e. The number of aromatic nitrogens is 3. The van der Waals surface area contributed by atoms with Gasteiger partial charge in [-0.3, -0.25) is 4.40 Å². The number of nitrogens with zero attached hydrogens (tertiary/aromatic N) is 3. The number of hydrogen-bond donors (Lipinski definition) is 1. The summed E-state index contributed by atoms with van der Waals surface area (Å²) in [5, 5.41) is 18.0. The average Bonchev–Trinajstić information content (AvgIpc) is 2.83. The Bertz CT molecular complexity index is 605.